The summed E-state index contributed by atoms with van der Waals surface area (Å²) < 4.78 is 0. The Hall–Kier alpha value is -1.51. The fraction of sp³-hybridized carbons (Fsp3) is 0.462. The van der Waals surface area contributed by atoms with E-state index >= 15 is 0 Å². The molecule has 3 heteroatoms. The van der Waals surface area contributed by atoms with Gasteiger partial charge in [0.2, 0.25) is 0 Å². The van der Waals surface area contributed by atoms with Gasteiger partial charge >= 0.3 is 5.97 Å². The van der Waals surface area contributed by atoms with Crippen LogP contribution in [0.2, 0.25) is 0 Å². The van der Waals surface area contributed by atoms with Gasteiger partial charge in [-0.25, -0.2) is 4.79 Å². The van der Waals surface area contributed by atoms with Gasteiger partial charge in [0.1, 0.15) is 6.04 Å². The summed E-state index contributed by atoms with van der Waals surface area (Å²) in [6.07, 6.45) is 2.07. The molecule has 1 aromatic carbocycles. The van der Waals surface area contributed by atoms with E-state index in [0.29, 0.717) is 0 Å². The number of hydrogen-bond donors (Lipinski definition) is 1. The summed E-state index contributed by atoms with van der Waals surface area (Å²) in [7, 11) is 0. The molecule has 3 nitrogen and oxygen atoms in total. The smallest absolute Gasteiger partial charge is 0.326 e. The monoisotopic (exact) mass is 221 g/mol. The van der Waals surface area contributed by atoms with Gasteiger partial charge in [0.25, 0.3) is 0 Å². The zero-order valence-corrected chi connectivity index (χ0v) is 9.89. The number of aliphatic carboxylic acids is 1. The molecule has 0 fully saturated rings. The summed E-state index contributed by atoms with van der Waals surface area (Å²) in [5, 5.41) is 9.07. The molecule has 0 radical (unpaired) electrons. The highest BCUT2D eigenvalue weighted by Crippen LogP contribution is 2.17. The maximum atomic E-state index is 11.0. The summed E-state index contributed by atoms with van der Waals surface area (Å²) in [5.41, 5.74) is 0.978. The van der Waals surface area contributed by atoms with Gasteiger partial charge in [-0.15, -0.1) is 0 Å². The Kier molecular flexibility index (Phi) is 4.83. The average Bonchev–Trinajstić information content (AvgIpc) is 2.30. The lowest BCUT2D eigenvalue weighted by atomic mass is 10.2. The second-order valence-electron chi connectivity index (χ2n) is 3.90. The molecule has 1 N–H and O–H groups in total. The van der Waals surface area contributed by atoms with Crippen LogP contribution >= 0.6 is 0 Å². The van der Waals surface area contributed by atoms with Crippen molar-refractivity contribution < 1.29 is 9.90 Å². The van der Waals surface area contributed by atoms with Crippen molar-refractivity contribution in [1.29, 1.82) is 0 Å². The molecule has 0 aliphatic heterocycles. The van der Waals surface area contributed by atoms with Gasteiger partial charge < -0.3 is 10.0 Å². The molecule has 0 aliphatic rings. The molecule has 0 bridgehead atoms. The number of carbonyl (C=O) groups is 1. The molecule has 1 aromatic rings. The molecular weight excluding hydrogens is 202 g/mol. The van der Waals surface area contributed by atoms with Crippen LogP contribution in [0, 0.1) is 0 Å². The van der Waals surface area contributed by atoms with Gasteiger partial charge in [0, 0.05) is 12.2 Å². The number of benzene rings is 1. The molecule has 0 aromatic heterocycles. The van der Waals surface area contributed by atoms with E-state index in [9.17, 15) is 4.79 Å². The second-order valence-corrected chi connectivity index (χ2v) is 3.90. The Labute approximate surface area is 96.7 Å². The molecule has 0 amide bonds. The van der Waals surface area contributed by atoms with E-state index in [4.69, 9.17) is 5.11 Å². The number of unbranched alkanes of at least 4 members (excludes halogenated alkanes) is 1. The zero-order chi connectivity index (χ0) is 12.0. The molecule has 0 unspecified atom stereocenters. The second kappa shape index (κ2) is 6.16. The summed E-state index contributed by atoms with van der Waals surface area (Å²) in [4.78, 5) is 13.0. The number of rotatable bonds is 6. The average molecular weight is 221 g/mol. The first-order valence-electron chi connectivity index (χ1n) is 5.71. The molecule has 88 valence electrons. The standard InChI is InChI=1S/C13H19NO2/c1-3-4-10-14(11(2)13(15)16)12-8-6-5-7-9-12/h5-9,11H,3-4,10H2,1-2H3,(H,15,16)/t11-/m0/s1. The first kappa shape index (κ1) is 12.6. The lowest BCUT2D eigenvalue weighted by Gasteiger charge is -2.28. The molecule has 0 saturated heterocycles. The van der Waals surface area contributed by atoms with E-state index in [1.807, 2.05) is 35.2 Å². The van der Waals surface area contributed by atoms with Crippen LogP contribution in [-0.4, -0.2) is 23.7 Å². The van der Waals surface area contributed by atoms with Crippen LogP contribution in [0.4, 0.5) is 5.69 Å². The van der Waals surface area contributed by atoms with Crippen molar-refractivity contribution in [1.82, 2.24) is 0 Å². The Bertz CT molecular complexity index is 324. The zero-order valence-electron chi connectivity index (χ0n) is 9.89. The molecule has 1 atom stereocenters. The Balaban J connectivity index is 2.83. The third kappa shape index (κ3) is 3.26. The highest BCUT2D eigenvalue weighted by atomic mass is 16.4. The van der Waals surface area contributed by atoms with Crippen molar-refractivity contribution in [3.63, 3.8) is 0 Å². The van der Waals surface area contributed by atoms with Gasteiger partial charge in [-0.3, -0.25) is 0 Å². The SMILES string of the molecule is CCCCN(c1ccccc1)[C@@H](C)C(=O)O. The number of carboxylic acids is 1. The lowest BCUT2D eigenvalue weighted by molar-refractivity contribution is -0.138. The third-order valence-electron chi connectivity index (χ3n) is 2.67. The number of nitrogens with zero attached hydrogens (tertiary/aromatic N) is 1. The molecule has 0 heterocycles. The number of hydrogen-bond acceptors (Lipinski definition) is 2. The van der Waals surface area contributed by atoms with Crippen LogP contribution < -0.4 is 4.90 Å². The third-order valence-corrected chi connectivity index (χ3v) is 2.67. The van der Waals surface area contributed by atoms with Gasteiger partial charge in [-0.1, -0.05) is 31.5 Å². The van der Waals surface area contributed by atoms with Crippen LogP contribution in [0.5, 0.6) is 0 Å². The van der Waals surface area contributed by atoms with E-state index in [-0.39, 0.29) is 0 Å². The topological polar surface area (TPSA) is 40.5 Å². The predicted molar refractivity (Wildman–Crippen MR) is 65.8 cm³/mol. The van der Waals surface area contributed by atoms with Crippen molar-refractivity contribution in [2.45, 2.75) is 32.7 Å². The number of anilines is 1. The minimum absolute atomic E-state index is 0.478. The van der Waals surface area contributed by atoms with E-state index < -0.39 is 12.0 Å². The maximum Gasteiger partial charge on any atom is 0.326 e. The summed E-state index contributed by atoms with van der Waals surface area (Å²) in [6.45, 7) is 4.62. The fourth-order valence-electron chi connectivity index (χ4n) is 1.63. The van der Waals surface area contributed by atoms with Gasteiger partial charge in [-0.2, -0.15) is 0 Å². The Morgan fingerprint density at radius 3 is 2.50 bits per heavy atom. The highest BCUT2D eigenvalue weighted by molar-refractivity contribution is 5.77. The Morgan fingerprint density at radius 2 is 2.00 bits per heavy atom. The Morgan fingerprint density at radius 1 is 1.38 bits per heavy atom. The van der Waals surface area contributed by atoms with Crippen LogP contribution in [0.1, 0.15) is 26.7 Å². The normalized spacial score (nSPS) is 12.1. The van der Waals surface area contributed by atoms with Gasteiger partial charge in [0.05, 0.1) is 0 Å². The molecular formula is C13H19NO2. The quantitative estimate of drug-likeness (QED) is 0.803. The minimum atomic E-state index is -0.778. The summed E-state index contributed by atoms with van der Waals surface area (Å²) >= 11 is 0. The lowest BCUT2D eigenvalue weighted by Crippen LogP contribution is -2.39. The van der Waals surface area contributed by atoms with E-state index in [1.165, 1.54) is 0 Å². The molecule has 0 saturated carbocycles. The number of para-hydroxylation sites is 1. The summed E-state index contributed by atoms with van der Waals surface area (Å²) in [5.74, 6) is -0.778. The molecule has 0 spiro atoms. The number of carboxylic acid groups (broad SMARTS) is 1. The van der Waals surface area contributed by atoms with Crippen molar-refractivity contribution in [2.75, 3.05) is 11.4 Å². The van der Waals surface area contributed by atoms with Crippen molar-refractivity contribution in [3.05, 3.63) is 30.3 Å². The molecule has 0 aliphatic carbocycles. The summed E-state index contributed by atoms with van der Waals surface area (Å²) in [6, 6.07) is 9.23. The van der Waals surface area contributed by atoms with E-state index in [0.717, 1.165) is 25.1 Å². The van der Waals surface area contributed by atoms with Crippen LogP contribution in [0.25, 0.3) is 0 Å². The molecule has 1 rings (SSSR count). The van der Waals surface area contributed by atoms with Crippen LogP contribution in [0.3, 0.4) is 0 Å². The van der Waals surface area contributed by atoms with Crippen molar-refractivity contribution >= 4 is 11.7 Å². The van der Waals surface area contributed by atoms with E-state index in [1.54, 1.807) is 6.92 Å². The van der Waals surface area contributed by atoms with Gasteiger partial charge in [0.15, 0.2) is 0 Å². The predicted octanol–water partition coefficient (Wildman–Crippen LogP) is 2.77. The van der Waals surface area contributed by atoms with E-state index in [2.05, 4.69) is 6.92 Å². The van der Waals surface area contributed by atoms with Crippen LogP contribution in [-0.2, 0) is 4.79 Å². The maximum absolute atomic E-state index is 11.0. The highest BCUT2D eigenvalue weighted by Gasteiger charge is 2.19. The first-order valence-corrected chi connectivity index (χ1v) is 5.71. The van der Waals surface area contributed by atoms with Gasteiger partial charge in [-0.05, 0) is 25.5 Å². The first-order chi connectivity index (χ1) is 7.66. The largest absolute Gasteiger partial charge is 0.480 e. The van der Waals surface area contributed by atoms with Crippen molar-refractivity contribution in [2.24, 2.45) is 0 Å². The van der Waals surface area contributed by atoms with Crippen molar-refractivity contribution in [3.8, 4) is 0 Å². The minimum Gasteiger partial charge on any atom is -0.480 e. The van der Waals surface area contributed by atoms with Crippen LogP contribution in [0.15, 0.2) is 30.3 Å². The fourth-order valence-corrected chi connectivity index (χ4v) is 1.63. The molecule has 16 heavy (non-hydrogen) atoms.